The van der Waals surface area contributed by atoms with Gasteiger partial charge in [-0.05, 0) is 6.07 Å². The molecule has 4 nitrogen and oxygen atoms in total. The molecule has 0 heterocycles. The van der Waals surface area contributed by atoms with Crippen molar-refractivity contribution in [3.63, 3.8) is 0 Å². The molecule has 0 unspecified atom stereocenters. The van der Waals surface area contributed by atoms with Gasteiger partial charge in [-0.2, -0.15) is 0 Å². The molecule has 0 saturated carbocycles. The van der Waals surface area contributed by atoms with Gasteiger partial charge in [-0.1, -0.05) is 23.2 Å². The van der Waals surface area contributed by atoms with Crippen LogP contribution in [0.5, 0.6) is 5.75 Å². The quantitative estimate of drug-likeness (QED) is 0.569. The summed E-state index contributed by atoms with van der Waals surface area (Å²) in [6.45, 7) is 0. The van der Waals surface area contributed by atoms with Crippen molar-refractivity contribution in [1.82, 2.24) is 0 Å². The highest BCUT2D eigenvalue weighted by Crippen LogP contribution is 2.38. The van der Waals surface area contributed by atoms with Gasteiger partial charge in [-0.3, -0.25) is 10.1 Å². The Balaban J connectivity index is 3.36. The van der Waals surface area contributed by atoms with Gasteiger partial charge < -0.3 is 5.11 Å². The monoisotopic (exact) mass is 207 g/mol. The molecular formula is C6H3Cl2NO3. The fourth-order valence-corrected chi connectivity index (χ4v) is 0.989. The molecule has 1 N–H and O–H groups in total. The predicted octanol–water partition coefficient (Wildman–Crippen LogP) is 2.61. The molecule has 64 valence electrons. The number of phenols is 1. The van der Waals surface area contributed by atoms with Gasteiger partial charge in [0.05, 0.1) is 9.95 Å². The number of nitro benzene ring substituents is 1. The van der Waals surface area contributed by atoms with Gasteiger partial charge in [-0.25, -0.2) is 0 Å². The summed E-state index contributed by atoms with van der Waals surface area (Å²) in [5, 5.41) is 19.2. The normalized spacial score (nSPS) is 9.83. The Bertz CT molecular complexity index is 340. The number of rotatable bonds is 1. The van der Waals surface area contributed by atoms with Crippen LogP contribution >= 0.6 is 23.2 Å². The van der Waals surface area contributed by atoms with Gasteiger partial charge in [0.15, 0.2) is 0 Å². The summed E-state index contributed by atoms with van der Waals surface area (Å²) in [6.07, 6.45) is 0. The van der Waals surface area contributed by atoms with Crippen molar-refractivity contribution in [1.29, 1.82) is 0 Å². The van der Waals surface area contributed by atoms with Crippen molar-refractivity contribution in [2.24, 2.45) is 0 Å². The van der Waals surface area contributed by atoms with E-state index in [1.54, 1.807) is 0 Å². The molecule has 0 amide bonds. The molecule has 0 radical (unpaired) electrons. The average Bonchev–Trinajstić information content (AvgIpc) is 2.00. The summed E-state index contributed by atoms with van der Waals surface area (Å²) in [4.78, 5) is 9.49. The van der Waals surface area contributed by atoms with E-state index in [2.05, 4.69) is 0 Å². The highest BCUT2D eigenvalue weighted by Gasteiger charge is 2.17. The highest BCUT2D eigenvalue weighted by molar-refractivity contribution is 6.43. The Morgan fingerprint density at radius 1 is 1.42 bits per heavy atom. The van der Waals surface area contributed by atoms with Gasteiger partial charge in [0.25, 0.3) is 0 Å². The zero-order chi connectivity index (χ0) is 9.30. The largest absolute Gasteiger partial charge is 0.501 e. The van der Waals surface area contributed by atoms with E-state index in [9.17, 15) is 10.1 Å². The number of hydrogen-bond donors (Lipinski definition) is 1. The molecule has 0 atom stereocenters. The number of benzene rings is 1. The minimum Gasteiger partial charge on any atom is -0.501 e. The third kappa shape index (κ3) is 1.44. The topological polar surface area (TPSA) is 63.4 Å². The summed E-state index contributed by atoms with van der Waals surface area (Å²) in [7, 11) is 0. The van der Waals surface area contributed by atoms with E-state index in [1.807, 2.05) is 0 Å². The first-order chi connectivity index (χ1) is 5.54. The zero-order valence-corrected chi connectivity index (χ0v) is 7.13. The van der Waals surface area contributed by atoms with Crippen LogP contribution in [0.15, 0.2) is 12.1 Å². The minimum atomic E-state index is -0.739. The van der Waals surface area contributed by atoms with Crippen molar-refractivity contribution in [2.75, 3.05) is 0 Å². The predicted molar refractivity (Wildman–Crippen MR) is 44.8 cm³/mol. The van der Waals surface area contributed by atoms with Crippen molar-refractivity contribution in [3.05, 3.63) is 32.3 Å². The lowest BCUT2D eigenvalue weighted by Gasteiger charge is -1.98. The lowest BCUT2D eigenvalue weighted by Crippen LogP contribution is -1.88. The summed E-state index contributed by atoms with van der Waals surface area (Å²) >= 11 is 10.9. The van der Waals surface area contributed by atoms with E-state index >= 15 is 0 Å². The van der Waals surface area contributed by atoms with Crippen LogP contribution in [-0.4, -0.2) is 10.0 Å². The first kappa shape index (κ1) is 9.09. The average molecular weight is 208 g/mol. The van der Waals surface area contributed by atoms with Crippen molar-refractivity contribution in [2.45, 2.75) is 0 Å². The van der Waals surface area contributed by atoms with Gasteiger partial charge in [0, 0.05) is 6.07 Å². The van der Waals surface area contributed by atoms with Crippen molar-refractivity contribution >= 4 is 28.9 Å². The van der Waals surface area contributed by atoms with Crippen molar-refractivity contribution < 1.29 is 10.0 Å². The minimum absolute atomic E-state index is 0.0831. The van der Waals surface area contributed by atoms with Crippen LogP contribution < -0.4 is 0 Å². The maximum absolute atomic E-state index is 10.2. The lowest BCUT2D eigenvalue weighted by atomic mass is 10.3. The Hall–Kier alpha value is -1.00. The lowest BCUT2D eigenvalue weighted by molar-refractivity contribution is -0.385. The second-order valence-electron chi connectivity index (χ2n) is 1.99. The Labute approximate surface area is 77.5 Å². The van der Waals surface area contributed by atoms with Crippen LogP contribution in [-0.2, 0) is 0 Å². The number of halogens is 2. The molecule has 6 heteroatoms. The molecule has 0 saturated heterocycles. The Kier molecular flexibility index (Phi) is 2.40. The van der Waals surface area contributed by atoms with E-state index < -0.39 is 16.4 Å². The molecule has 0 aliphatic heterocycles. The van der Waals surface area contributed by atoms with E-state index in [0.717, 1.165) is 6.07 Å². The summed E-state index contributed by atoms with van der Waals surface area (Å²) < 4.78 is 0. The van der Waals surface area contributed by atoms with Crippen LogP contribution in [0.4, 0.5) is 5.69 Å². The third-order valence-electron chi connectivity index (χ3n) is 1.24. The molecule has 0 aliphatic rings. The van der Waals surface area contributed by atoms with E-state index in [1.165, 1.54) is 6.07 Å². The van der Waals surface area contributed by atoms with Crippen LogP contribution in [0, 0.1) is 10.1 Å². The molecule has 0 aromatic heterocycles. The van der Waals surface area contributed by atoms with Gasteiger partial charge in [0.2, 0.25) is 5.75 Å². The molecule has 1 aromatic rings. The van der Waals surface area contributed by atoms with E-state index in [0.29, 0.717) is 0 Å². The molecule has 0 spiro atoms. The molecule has 0 fully saturated rings. The molecule has 0 aliphatic carbocycles. The van der Waals surface area contributed by atoms with Crippen molar-refractivity contribution in [3.8, 4) is 5.75 Å². The molecule has 1 rings (SSSR count). The van der Waals surface area contributed by atoms with Gasteiger partial charge >= 0.3 is 5.69 Å². The molecular weight excluding hydrogens is 205 g/mol. The third-order valence-corrected chi connectivity index (χ3v) is 2.04. The van der Waals surface area contributed by atoms with E-state index in [4.69, 9.17) is 28.3 Å². The first-order valence-corrected chi connectivity index (χ1v) is 3.61. The first-order valence-electron chi connectivity index (χ1n) is 2.85. The summed E-state index contributed by atoms with van der Waals surface area (Å²) in [5.41, 5.74) is -0.454. The number of nitrogens with zero attached hydrogens (tertiary/aromatic N) is 1. The van der Waals surface area contributed by atoms with Gasteiger partial charge in [-0.15, -0.1) is 0 Å². The molecule has 0 bridgehead atoms. The molecule has 12 heavy (non-hydrogen) atoms. The number of aromatic hydroxyl groups is 1. The second kappa shape index (κ2) is 3.16. The Morgan fingerprint density at radius 3 is 2.50 bits per heavy atom. The second-order valence-corrected chi connectivity index (χ2v) is 2.77. The van der Waals surface area contributed by atoms with Crippen LogP contribution in [0.2, 0.25) is 10.0 Å². The smallest absolute Gasteiger partial charge is 0.312 e. The fourth-order valence-electron chi connectivity index (χ4n) is 0.677. The maximum atomic E-state index is 10.2. The van der Waals surface area contributed by atoms with Crippen LogP contribution in [0.25, 0.3) is 0 Å². The number of nitro groups is 1. The molecule has 1 aromatic carbocycles. The summed E-state index contributed by atoms with van der Waals surface area (Å²) in [6, 6.07) is 2.34. The van der Waals surface area contributed by atoms with E-state index in [-0.39, 0.29) is 10.0 Å². The number of hydrogen-bond acceptors (Lipinski definition) is 3. The van der Waals surface area contributed by atoms with Gasteiger partial charge in [0.1, 0.15) is 5.02 Å². The number of phenolic OH excluding ortho intramolecular Hbond substituents is 1. The Morgan fingerprint density at radius 2 is 2.00 bits per heavy atom. The summed E-state index contributed by atoms with van der Waals surface area (Å²) in [5.74, 6) is -0.603. The van der Waals surface area contributed by atoms with Crippen LogP contribution in [0.1, 0.15) is 0 Å². The zero-order valence-electron chi connectivity index (χ0n) is 5.62. The standard InChI is InChI=1S/C6H3Cl2NO3/c7-3-1-2-4(9(11)12)6(10)5(3)8/h1-2,10H. The maximum Gasteiger partial charge on any atom is 0.312 e. The SMILES string of the molecule is O=[N+]([O-])c1ccc(Cl)c(Cl)c1O. The highest BCUT2D eigenvalue weighted by atomic mass is 35.5. The fraction of sp³-hybridized carbons (Fsp3) is 0. The van der Waals surface area contributed by atoms with Crippen LogP contribution in [0.3, 0.4) is 0 Å².